The van der Waals surface area contributed by atoms with Crippen LogP contribution < -0.4 is 5.32 Å². The molecule has 0 radical (unpaired) electrons. The van der Waals surface area contributed by atoms with Crippen LogP contribution in [0.15, 0.2) is 34.1 Å². The minimum atomic E-state index is -0.961. The maximum Gasteiger partial charge on any atom is 0.325 e. The second-order valence-electron chi connectivity index (χ2n) is 9.15. The number of rotatable bonds is 10. The molecule has 2 aromatic rings. The van der Waals surface area contributed by atoms with Crippen molar-refractivity contribution < 1.29 is 28.3 Å². The van der Waals surface area contributed by atoms with Gasteiger partial charge in [-0.05, 0) is 43.3 Å². The van der Waals surface area contributed by atoms with Crippen LogP contribution in [0, 0.1) is 0 Å². The number of hydrogen-bond acceptors (Lipinski definition) is 8. The molecule has 2 aliphatic rings. The summed E-state index contributed by atoms with van der Waals surface area (Å²) in [6.07, 6.45) is 5.13. The summed E-state index contributed by atoms with van der Waals surface area (Å²) in [6.45, 7) is 5.01. The number of hydrogen-bond donors (Lipinski definition) is 1. The number of nitrogens with zero attached hydrogens (tertiary/aromatic N) is 2. The van der Waals surface area contributed by atoms with Crippen LogP contribution in [0.2, 0.25) is 0 Å². The van der Waals surface area contributed by atoms with E-state index in [2.05, 4.69) is 10.2 Å². The molecule has 1 atom stereocenters. The van der Waals surface area contributed by atoms with Gasteiger partial charge in [0.25, 0.3) is 5.91 Å². The second kappa shape index (κ2) is 13.0. The van der Waals surface area contributed by atoms with Gasteiger partial charge in [0, 0.05) is 24.0 Å². The number of furan rings is 1. The quantitative estimate of drug-likeness (QED) is 0.482. The van der Waals surface area contributed by atoms with Crippen LogP contribution in [0.3, 0.4) is 0 Å². The van der Waals surface area contributed by atoms with Gasteiger partial charge in [-0.25, -0.2) is 0 Å². The fourth-order valence-electron chi connectivity index (χ4n) is 4.72. The van der Waals surface area contributed by atoms with Gasteiger partial charge in [0.15, 0.2) is 5.76 Å². The van der Waals surface area contributed by atoms with Crippen LogP contribution in [0.25, 0.3) is 0 Å². The highest BCUT2D eigenvalue weighted by molar-refractivity contribution is 7.10. The van der Waals surface area contributed by atoms with Crippen molar-refractivity contribution in [2.45, 2.75) is 57.7 Å². The first-order chi connectivity index (χ1) is 17.5. The van der Waals surface area contributed by atoms with Crippen LogP contribution in [0.5, 0.6) is 0 Å². The van der Waals surface area contributed by atoms with Gasteiger partial charge in [-0.3, -0.25) is 19.3 Å². The van der Waals surface area contributed by atoms with E-state index in [1.165, 1.54) is 22.7 Å². The van der Waals surface area contributed by atoms with Gasteiger partial charge in [-0.2, -0.15) is 0 Å². The molecule has 3 heterocycles. The molecule has 0 bridgehead atoms. The molecule has 4 rings (SSSR count). The van der Waals surface area contributed by atoms with E-state index in [9.17, 15) is 14.4 Å². The number of amides is 2. The minimum absolute atomic E-state index is 0.0667. The van der Waals surface area contributed by atoms with E-state index in [1.807, 2.05) is 17.5 Å². The lowest BCUT2D eigenvalue weighted by Gasteiger charge is -2.31. The first kappa shape index (κ1) is 26.4. The Morgan fingerprint density at radius 2 is 1.94 bits per heavy atom. The Balaban J connectivity index is 1.57. The molecule has 1 N–H and O–H groups in total. The third-order valence-corrected chi connectivity index (χ3v) is 7.47. The monoisotopic (exact) mass is 517 g/mol. The van der Waals surface area contributed by atoms with Crippen LogP contribution in [0.4, 0.5) is 0 Å². The van der Waals surface area contributed by atoms with Gasteiger partial charge in [0.05, 0.1) is 26.4 Å². The Bertz CT molecular complexity index is 995. The fourth-order valence-corrected chi connectivity index (χ4v) is 5.56. The lowest BCUT2D eigenvalue weighted by Crippen LogP contribution is -2.48. The van der Waals surface area contributed by atoms with Gasteiger partial charge in [0.1, 0.15) is 18.3 Å². The Morgan fingerprint density at radius 1 is 1.17 bits per heavy atom. The third-order valence-electron chi connectivity index (χ3n) is 6.55. The summed E-state index contributed by atoms with van der Waals surface area (Å²) in [7, 11) is 0. The molecule has 0 aromatic carbocycles. The zero-order valence-electron chi connectivity index (χ0n) is 20.8. The maximum absolute atomic E-state index is 13.7. The summed E-state index contributed by atoms with van der Waals surface area (Å²) in [4.78, 5) is 44.0. The second-order valence-corrected chi connectivity index (χ2v) is 10.1. The van der Waals surface area contributed by atoms with Crippen molar-refractivity contribution >= 4 is 29.1 Å². The van der Waals surface area contributed by atoms with Crippen molar-refractivity contribution in [3.63, 3.8) is 0 Å². The fraction of sp³-hybridized carbons (Fsp3) is 0.577. The highest BCUT2D eigenvalue weighted by atomic mass is 32.1. The molecule has 2 amide bonds. The highest BCUT2D eigenvalue weighted by Crippen LogP contribution is 2.29. The molecule has 10 heteroatoms. The summed E-state index contributed by atoms with van der Waals surface area (Å²) in [5.74, 6) is -0.640. The van der Waals surface area contributed by atoms with E-state index >= 15 is 0 Å². The number of ether oxygens (including phenoxy) is 2. The number of carbonyl (C=O) groups is 3. The molecule has 0 spiro atoms. The van der Waals surface area contributed by atoms with Crippen LogP contribution in [-0.4, -0.2) is 73.1 Å². The van der Waals surface area contributed by atoms with E-state index in [1.54, 1.807) is 19.1 Å². The molecular weight excluding hydrogens is 482 g/mol. The first-order valence-electron chi connectivity index (χ1n) is 12.7. The number of carbonyl (C=O) groups excluding carboxylic acids is 3. The normalized spacial score (nSPS) is 17.9. The van der Waals surface area contributed by atoms with Crippen molar-refractivity contribution in [1.29, 1.82) is 0 Å². The van der Waals surface area contributed by atoms with Gasteiger partial charge >= 0.3 is 5.97 Å². The van der Waals surface area contributed by atoms with Crippen LogP contribution >= 0.6 is 11.3 Å². The lowest BCUT2D eigenvalue weighted by molar-refractivity contribution is -0.145. The molecule has 1 saturated carbocycles. The summed E-state index contributed by atoms with van der Waals surface area (Å²) in [5.41, 5.74) is 0. The van der Waals surface area contributed by atoms with Crippen LogP contribution in [-0.2, 0) is 25.6 Å². The Hall–Kier alpha value is -2.69. The van der Waals surface area contributed by atoms with Crippen LogP contribution in [0.1, 0.15) is 66.3 Å². The predicted octanol–water partition coefficient (Wildman–Crippen LogP) is 3.37. The topological polar surface area (TPSA) is 101 Å². The number of thiophene rings is 1. The van der Waals surface area contributed by atoms with E-state index in [4.69, 9.17) is 13.9 Å². The van der Waals surface area contributed by atoms with E-state index < -0.39 is 17.9 Å². The summed E-state index contributed by atoms with van der Waals surface area (Å²) < 4.78 is 16.5. The molecule has 2 fully saturated rings. The number of esters is 1. The third kappa shape index (κ3) is 6.96. The zero-order chi connectivity index (χ0) is 25.3. The highest BCUT2D eigenvalue weighted by Gasteiger charge is 2.36. The first-order valence-corrected chi connectivity index (χ1v) is 13.6. The predicted molar refractivity (Wildman–Crippen MR) is 135 cm³/mol. The average Bonchev–Trinajstić information content (AvgIpc) is 3.57. The molecule has 2 aromatic heterocycles. The molecule has 1 saturated heterocycles. The molecule has 1 aliphatic carbocycles. The molecule has 9 nitrogen and oxygen atoms in total. The number of nitrogens with one attached hydrogen (secondary N) is 1. The smallest absolute Gasteiger partial charge is 0.325 e. The Kier molecular flexibility index (Phi) is 9.54. The molecule has 0 unspecified atom stereocenters. The average molecular weight is 518 g/mol. The van der Waals surface area contributed by atoms with Crippen molar-refractivity contribution in [1.82, 2.24) is 15.1 Å². The van der Waals surface area contributed by atoms with Crippen molar-refractivity contribution in [2.75, 3.05) is 39.5 Å². The lowest BCUT2D eigenvalue weighted by atomic mass is 9.95. The standard InChI is InChI=1S/C26H35N3O6S/c1-2-34-23(30)18-29(26(32)21-11-10-20(35-21)17-28-12-14-33-15-13-28)24(22-9-6-16-36-22)25(31)27-19-7-4-3-5-8-19/h6,9-11,16,19,24H,2-5,7-8,12-15,17-18H2,1H3,(H,27,31)/t24-/m1/s1. The van der Waals surface area contributed by atoms with Gasteiger partial charge in [-0.15, -0.1) is 11.3 Å². The zero-order valence-corrected chi connectivity index (χ0v) is 21.6. The van der Waals surface area contributed by atoms with Gasteiger partial charge < -0.3 is 24.1 Å². The summed E-state index contributed by atoms with van der Waals surface area (Å²) in [5, 5.41) is 4.99. The molecule has 1 aliphatic heterocycles. The Morgan fingerprint density at radius 3 is 2.64 bits per heavy atom. The SMILES string of the molecule is CCOC(=O)CN(C(=O)c1ccc(CN2CCOCC2)o1)[C@@H](C(=O)NC1CCCCC1)c1cccs1. The molecular formula is C26H35N3O6S. The van der Waals surface area contributed by atoms with Gasteiger partial charge in [0.2, 0.25) is 5.91 Å². The minimum Gasteiger partial charge on any atom is -0.465 e. The van der Waals surface area contributed by atoms with E-state index in [0.717, 1.165) is 38.8 Å². The van der Waals surface area contributed by atoms with E-state index in [0.29, 0.717) is 30.4 Å². The number of morpholine rings is 1. The molecule has 36 heavy (non-hydrogen) atoms. The van der Waals surface area contributed by atoms with Crippen molar-refractivity contribution in [3.8, 4) is 0 Å². The summed E-state index contributed by atoms with van der Waals surface area (Å²) in [6, 6.07) is 6.14. The largest absolute Gasteiger partial charge is 0.465 e. The van der Waals surface area contributed by atoms with Crippen molar-refractivity contribution in [3.05, 3.63) is 46.0 Å². The van der Waals surface area contributed by atoms with E-state index in [-0.39, 0.29) is 30.9 Å². The summed E-state index contributed by atoms with van der Waals surface area (Å²) >= 11 is 1.38. The Labute approximate surface area is 215 Å². The van der Waals surface area contributed by atoms with Crippen molar-refractivity contribution in [2.24, 2.45) is 0 Å². The van der Waals surface area contributed by atoms with Gasteiger partial charge in [-0.1, -0.05) is 25.3 Å². The molecule has 196 valence electrons. The maximum atomic E-state index is 13.7.